The molecule has 38 heavy (non-hydrogen) atoms. The van der Waals surface area contributed by atoms with Crippen molar-refractivity contribution in [1.82, 2.24) is 19.1 Å². The summed E-state index contributed by atoms with van der Waals surface area (Å²) in [6.07, 6.45) is -9.66. The largest absolute Gasteiger partial charge is 0.491 e. The van der Waals surface area contributed by atoms with Crippen molar-refractivity contribution >= 4 is 19.5 Å². The van der Waals surface area contributed by atoms with Gasteiger partial charge < -0.3 is 41.4 Å². The molecule has 2 fully saturated rings. The molecule has 10 N–H and O–H groups in total. The van der Waals surface area contributed by atoms with E-state index in [1.807, 2.05) is 0 Å². The van der Waals surface area contributed by atoms with Gasteiger partial charge in [-0.05, 0) is 12.1 Å². The maximum atomic E-state index is 13.1. The van der Waals surface area contributed by atoms with Gasteiger partial charge in [-0.3, -0.25) is 18.2 Å². The van der Waals surface area contributed by atoms with E-state index in [-0.39, 0.29) is 11.6 Å². The molecule has 0 aliphatic carbocycles. The van der Waals surface area contributed by atoms with Crippen LogP contribution in [0, 0.1) is 0 Å². The quantitative estimate of drug-likeness (QED) is 0.113. The number of phosphoric ester groups is 1. The number of ether oxygens (including phenoxy) is 2. The van der Waals surface area contributed by atoms with Gasteiger partial charge in [0.1, 0.15) is 48.3 Å². The van der Waals surface area contributed by atoms with Crippen molar-refractivity contribution in [3.05, 3.63) is 45.5 Å². The molecule has 0 bridgehead atoms. The fourth-order valence-electron chi connectivity index (χ4n) is 3.96. The first-order valence-electron chi connectivity index (χ1n) is 10.9. The van der Waals surface area contributed by atoms with Crippen molar-refractivity contribution in [2.45, 2.75) is 49.1 Å². The number of hydrogen-bond donors (Lipinski definition) is 7. The van der Waals surface area contributed by atoms with E-state index >= 15 is 0 Å². The van der Waals surface area contributed by atoms with Crippen LogP contribution in [0.1, 0.15) is 12.5 Å². The molecule has 2 aliphatic rings. The number of aromatic nitrogens is 4. The summed E-state index contributed by atoms with van der Waals surface area (Å²) in [5.41, 5.74) is 9.16. The number of anilines is 2. The standard InChI is InChI=1S/C18H26N7O12P/c19-9-1-3-24(17(30)22-9)15-12(28)11(27)8(35-15)6-33-38(32,37-21)36-14-7(5-26)34-16(13(14)29)25-4-2-10(20)23-18(25)31/h1-4,7-8,11-16,26-29H,5-6,21H2,(H2,19,22,30)(H2,20,23,31)/t7-,8-,11+,12+,13+,14+,15-,16-,38-/m0/s1. The number of aliphatic hydroxyl groups excluding tert-OH is 4. The summed E-state index contributed by atoms with van der Waals surface area (Å²) in [5, 5.41) is 41.1. The molecule has 0 aromatic carbocycles. The monoisotopic (exact) mass is 563 g/mol. The highest BCUT2D eigenvalue weighted by Gasteiger charge is 2.51. The molecular weight excluding hydrogens is 537 g/mol. The second kappa shape index (κ2) is 11.1. The average molecular weight is 563 g/mol. The Bertz CT molecular complexity index is 1310. The third-order valence-electron chi connectivity index (χ3n) is 5.85. The van der Waals surface area contributed by atoms with Gasteiger partial charge in [-0.2, -0.15) is 9.97 Å². The molecule has 0 spiro atoms. The van der Waals surface area contributed by atoms with Gasteiger partial charge in [-0.25, -0.2) is 24.7 Å². The number of aliphatic hydroxyl groups is 4. The Morgan fingerprint density at radius 1 is 0.921 bits per heavy atom. The number of nitrogen functional groups attached to an aromatic ring is 2. The predicted octanol–water partition coefficient (Wildman–Crippen LogP) is -4.07. The van der Waals surface area contributed by atoms with Crippen LogP contribution in [0.3, 0.4) is 0 Å². The van der Waals surface area contributed by atoms with E-state index in [1.165, 1.54) is 24.5 Å². The highest BCUT2D eigenvalue weighted by Crippen LogP contribution is 2.52. The van der Waals surface area contributed by atoms with Gasteiger partial charge in [0, 0.05) is 12.4 Å². The minimum absolute atomic E-state index is 0.0728. The second-order valence-electron chi connectivity index (χ2n) is 8.29. The number of hydrogen-bond acceptors (Lipinski definition) is 17. The third kappa shape index (κ3) is 5.48. The van der Waals surface area contributed by atoms with Crippen molar-refractivity contribution in [2.24, 2.45) is 5.90 Å². The Morgan fingerprint density at radius 2 is 1.45 bits per heavy atom. The van der Waals surface area contributed by atoms with Gasteiger partial charge in [0.25, 0.3) is 0 Å². The molecular formula is C18H26N7O12P. The molecule has 0 unspecified atom stereocenters. The molecule has 0 amide bonds. The Balaban J connectivity index is 1.46. The van der Waals surface area contributed by atoms with Crippen LogP contribution >= 0.6 is 7.82 Å². The summed E-state index contributed by atoms with van der Waals surface area (Å²) < 4.78 is 40.5. The van der Waals surface area contributed by atoms with Crippen LogP contribution in [-0.2, 0) is 27.7 Å². The first kappa shape index (κ1) is 28.2. The molecule has 2 aromatic rings. The Kier molecular flexibility index (Phi) is 8.26. The topological polar surface area (TPSA) is 292 Å². The summed E-state index contributed by atoms with van der Waals surface area (Å²) in [5.74, 6) is 4.95. The molecule has 0 saturated carbocycles. The first-order valence-corrected chi connectivity index (χ1v) is 12.4. The van der Waals surface area contributed by atoms with Crippen LogP contribution in [-0.4, -0.2) is 89.4 Å². The number of rotatable bonds is 9. The lowest BCUT2D eigenvalue weighted by molar-refractivity contribution is -0.0636. The van der Waals surface area contributed by atoms with E-state index in [0.717, 1.165) is 9.13 Å². The maximum Gasteiger partial charge on any atom is 0.491 e. The Morgan fingerprint density at radius 3 is 1.95 bits per heavy atom. The van der Waals surface area contributed by atoms with Crippen molar-refractivity contribution < 1.29 is 48.1 Å². The normalized spacial score (nSPS) is 32.9. The summed E-state index contributed by atoms with van der Waals surface area (Å²) in [4.78, 5) is 31.3. The van der Waals surface area contributed by atoms with E-state index in [1.54, 1.807) is 0 Å². The summed E-state index contributed by atoms with van der Waals surface area (Å²) >= 11 is 0. The SMILES string of the molecule is NO[P@@](=O)(OC[C@@H]1O[C@H](n2ccc(N)nc2=O)[C@H](O)[C@@H]1O)O[C@H]1[C@@H](O)[C@@H](n2ccc(N)nc2=O)O[C@H]1CO. The smallest absolute Gasteiger partial charge is 0.394 e. The van der Waals surface area contributed by atoms with Crippen LogP contribution in [0.15, 0.2) is 34.1 Å². The minimum atomic E-state index is -4.75. The highest BCUT2D eigenvalue weighted by atomic mass is 31.2. The molecule has 210 valence electrons. The van der Waals surface area contributed by atoms with Crippen molar-refractivity contribution in [3.63, 3.8) is 0 Å². The fourth-order valence-corrected chi connectivity index (χ4v) is 5.02. The molecule has 20 heteroatoms. The van der Waals surface area contributed by atoms with Crippen LogP contribution in [0.5, 0.6) is 0 Å². The highest BCUT2D eigenvalue weighted by molar-refractivity contribution is 7.48. The minimum Gasteiger partial charge on any atom is -0.394 e. The number of nitrogens with zero attached hydrogens (tertiary/aromatic N) is 4. The zero-order valence-electron chi connectivity index (χ0n) is 19.4. The van der Waals surface area contributed by atoms with E-state index in [9.17, 15) is 34.6 Å². The van der Waals surface area contributed by atoms with E-state index < -0.39 is 81.5 Å². The van der Waals surface area contributed by atoms with Gasteiger partial charge in [0.15, 0.2) is 12.5 Å². The van der Waals surface area contributed by atoms with Gasteiger partial charge in [0.2, 0.25) is 0 Å². The second-order valence-corrected chi connectivity index (χ2v) is 9.86. The first-order chi connectivity index (χ1) is 18.0. The summed E-state index contributed by atoms with van der Waals surface area (Å²) in [7, 11) is -4.75. The summed E-state index contributed by atoms with van der Waals surface area (Å²) in [6, 6.07) is 2.53. The van der Waals surface area contributed by atoms with Crippen LogP contribution in [0.2, 0.25) is 0 Å². The zero-order chi connectivity index (χ0) is 27.8. The Hall–Kier alpha value is -2.81. The zero-order valence-corrected chi connectivity index (χ0v) is 20.3. The van der Waals surface area contributed by atoms with Gasteiger partial charge in [-0.15, -0.1) is 0 Å². The van der Waals surface area contributed by atoms with E-state index in [4.69, 9.17) is 35.9 Å². The fraction of sp³-hybridized carbons (Fsp3) is 0.556. The van der Waals surface area contributed by atoms with Crippen LogP contribution in [0.4, 0.5) is 11.6 Å². The predicted molar refractivity (Wildman–Crippen MR) is 122 cm³/mol. The molecule has 2 aliphatic heterocycles. The molecule has 0 radical (unpaired) electrons. The van der Waals surface area contributed by atoms with Gasteiger partial charge in [-0.1, -0.05) is 0 Å². The van der Waals surface area contributed by atoms with E-state index in [0.29, 0.717) is 0 Å². The van der Waals surface area contributed by atoms with Gasteiger partial charge >= 0.3 is 19.2 Å². The Labute approximate surface area is 212 Å². The third-order valence-corrected chi connectivity index (χ3v) is 7.08. The van der Waals surface area contributed by atoms with Crippen molar-refractivity contribution in [3.8, 4) is 0 Å². The molecule has 9 atom stereocenters. The molecule has 19 nitrogen and oxygen atoms in total. The van der Waals surface area contributed by atoms with Crippen LogP contribution < -0.4 is 28.7 Å². The van der Waals surface area contributed by atoms with Crippen LogP contribution in [0.25, 0.3) is 0 Å². The van der Waals surface area contributed by atoms with Crippen molar-refractivity contribution in [2.75, 3.05) is 24.7 Å². The number of nitrogens with two attached hydrogens (primary N) is 3. The molecule has 2 saturated heterocycles. The molecule has 4 rings (SSSR count). The maximum absolute atomic E-state index is 13.1. The van der Waals surface area contributed by atoms with Crippen molar-refractivity contribution in [1.29, 1.82) is 0 Å². The summed E-state index contributed by atoms with van der Waals surface area (Å²) in [6.45, 7) is -1.48. The molecule has 2 aromatic heterocycles. The van der Waals surface area contributed by atoms with E-state index in [2.05, 4.69) is 14.6 Å². The van der Waals surface area contributed by atoms with Gasteiger partial charge in [0.05, 0.1) is 13.2 Å². The number of phosphoric acid groups is 1. The lowest BCUT2D eigenvalue weighted by Crippen LogP contribution is -2.38. The lowest BCUT2D eigenvalue weighted by Gasteiger charge is -2.25. The average Bonchev–Trinajstić information content (AvgIpc) is 3.33. The molecule has 4 heterocycles. The lowest BCUT2D eigenvalue weighted by atomic mass is 10.1.